The summed E-state index contributed by atoms with van der Waals surface area (Å²) in [5, 5.41) is 2.64. The quantitative estimate of drug-likeness (QED) is 0.478. The first-order chi connectivity index (χ1) is 5.24. The third-order valence-electron chi connectivity index (χ3n) is 1.32. The summed E-state index contributed by atoms with van der Waals surface area (Å²) in [6.45, 7) is 5.37. The molecule has 0 spiro atoms. The number of carbonyl (C=O) groups is 1. The van der Waals surface area contributed by atoms with E-state index in [-0.39, 0.29) is 12.1 Å². The summed E-state index contributed by atoms with van der Waals surface area (Å²) in [6.07, 6.45) is 2.87. The Morgan fingerprint density at radius 2 is 2.45 bits per heavy atom. The van der Waals surface area contributed by atoms with E-state index in [4.69, 9.17) is 4.74 Å². The average molecular weight is 157 g/mol. The number of hydrogen-bond donors (Lipinski definition) is 1. The predicted octanol–water partition coefficient (Wildman–Crippen LogP) is 1.06. The fraction of sp³-hybridized carbons (Fsp3) is 0.625. The molecule has 0 saturated heterocycles. The molecule has 1 unspecified atom stereocenters. The van der Waals surface area contributed by atoms with E-state index in [2.05, 4.69) is 11.9 Å². The van der Waals surface area contributed by atoms with Crippen molar-refractivity contribution >= 4 is 5.91 Å². The summed E-state index contributed by atoms with van der Waals surface area (Å²) in [5.74, 6) is -0.190. The molecule has 0 aliphatic heterocycles. The van der Waals surface area contributed by atoms with Gasteiger partial charge in [0, 0.05) is 7.11 Å². The van der Waals surface area contributed by atoms with E-state index in [1.54, 1.807) is 7.11 Å². The smallest absolute Gasteiger partial charge is 0.245 e. The molecule has 0 aliphatic rings. The molecule has 0 aliphatic carbocycles. The Labute approximate surface area is 67.4 Å². The summed E-state index contributed by atoms with van der Waals surface area (Å²) in [5.41, 5.74) is 0. The monoisotopic (exact) mass is 157 g/mol. The summed E-state index contributed by atoms with van der Waals surface area (Å²) in [6, 6.07) is 0. The minimum absolute atomic E-state index is 0.175. The van der Waals surface area contributed by atoms with Crippen LogP contribution in [0.2, 0.25) is 0 Å². The van der Waals surface area contributed by atoms with Crippen molar-refractivity contribution in [2.75, 3.05) is 7.11 Å². The second-order valence-electron chi connectivity index (χ2n) is 2.23. The van der Waals surface area contributed by atoms with Crippen LogP contribution in [-0.2, 0) is 9.53 Å². The van der Waals surface area contributed by atoms with Crippen molar-refractivity contribution in [1.82, 2.24) is 5.32 Å². The van der Waals surface area contributed by atoms with Crippen molar-refractivity contribution in [3.05, 3.63) is 12.7 Å². The van der Waals surface area contributed by atoms with E-state index < -0.39 is 0 Å². The number of amides is 1. The van der Waals surface area contributed by atoms with Crippen molar-refractivity contribution in [3.63, 3.8) is 0 Å². The molecule has 0 aromatic carbocycles. The lowest BCUT2D eigenvalue weighted by Gasteiger charge is -2.14. The highest BCUT2D eigenvalue weighted by Gasteiger charge is 2.06. The van der Waals surface area contributed by atoms with Crippen molar-refractivity contribution in [3.8, 4) is 0 Å². The van der Waals surface area contributed by atoms with Crippen LogP contribution in [0.3, 0.4) is 0 Å². The molecular weight excluding hydrogens is 142 g/mol. The van der Waals surface area contributed by atoms with Crippen molar-refractivity contribution in [2.45, 2.75) is 26.0 Å². The topological polar surface area (TPSA) is 38.3 Å². The van der Waals surface area contributed by atoms with E-state index in [9.17, 15) is 4.79 Å². The first-order valence-corrected chi connectivity index (χ1v) is 3.70. The van der Waals surface area contributed by atoms with Crippen LogP contribution in [0.4, 0.5) is 0 Å². The van der Waals surface area contributed by atoms with Gasteiger partial charge in [-0.3, -0.25) is 4.79 Å². The molecule has 11 heavy (non-hydrogen) atoms. The molecule has 64 valence electrons. The van der Waals surface area contributed by atoms with Gasteiger partial charge in [-0.15, -0.1) is 0 Å². The molecule has 0 heterocycles. The molecular formula is C8H15NO2. The molecule has 0 aromatic rings. The zero-order valence-electron chi connectivity index (χ0n) is 7.09. The van der Waals surface area contributed by atoms with Gasteiger partial charge in [-0.05, 0) is 12.5 Å². The number of methoxy groups -OCH3 is 1. The molecule has 0 aromatic heterocycles. The van der Waals surface area contributed by atoms with E-state index in [0.717, 1.165) is 12.8 Å². The molecule has 0 rings (SSSR count). The largest absolute Gasteiger partial charge is 0.362 e. The van der Waals surface area contributed by atoms with Gasteiger partial charge >= 0.3 is 0 Å². The molecule has 3 nitrogen and oxygen atoms in total. The molecule has 0 radical (unpaired) electrons. The zero-order chi connectivity index (χ0) is 8.69. The minimum Gasteiger partial charge on any atom is -0.362 e. The van der Waals surface area contributed by atoms with Crippen LogP contribution in [0.15, 0.2) is 12.7 Å². The zero-order valence-corrected chi connectivity index (χ0v) is 7.09. The second-order valence-corrected chi connectivity index (χ2v) is 2.23. The van der Waals surface area contributed by atoms with E-state index in [0.29, 0.717) is 0 Å². The Bertz CT molecular complexity index is 134. The Hall–Kier alpha value is -0.830. The van der Waals surface area contributed by atoms with Gasteiger partial charge in [0.25, 0.3) is 0 Å². The van der Waals surface area contributed by atoms with Gasteiger partial charge in [0.15, 0.2) is 0 Å². The maximum absolute atomic E-state index is 10.7. The number of nitrogens with one attached hydrogen (secondary N) is 1. The number of carbonyl (C=O) groups excluding carboxylic acids is 1. The molecule has 0 fully saturated rings. The van der Waals surface area contributed by atoms with Gasteiger partial charge in [0.05, 0.1) is 0 Å². The maximum atomic E-state index is 10.7. The lowest BCUT2D eigenvalue weighted by Crippen LogP contribution is -2.34. The van der Waals surface area contributed by atoms with Gasteiger partial charge in [0.1, 0.15) is 6.23 Å². The van der Waals surface area contributed by atoms with Gasteiger partial charge in [-0.1, -0.05) is 19.9 Å². The number of hydrogen-bond acceptors (Lipinski definition) is 2. The highest BCUT2D eigenvalue weighted by Crippen LogP contribution is 1.96. The Balaban J connectivity index is 3.67. The Morgan fingerprint density at radius 1 is 1.82 bits per heavy atom. The van der Waals surface area contributed by atoms with E-state index in [1.807, 2.05) is 6.92 Å². The van der Waals surface area contributed by atoms with Crippen molar-refractivity contribution in [2.24, 2.45) is 0 Å². The SMILES string of the molecule is C=CC(=O)NC(CCC)OC. The third-order valence-corrected chi connectivity index (χ3v) is 1.32. The first kappa shape index (κ1) is 10.2. The maximum Gasteiger partial charge on any atom is 0.245 e. The minimum atomic E-state index is -0.190. The normalized spacial score (nSPS) is 12.2. The standard InChI is InChI=1S/C8H15NO2/c1-4-6-8(11-3)9-7(10)5-2/h5,8H,2,4,6H2,1,3H3,(H,9,10). The molecule has 1 amide bonds. The van der Waals surface area contributed by atoms with Crippen LogP contribution in [0.1, 0.15) is 19.8 Å². The number of ether oxygens (including phenoxy) is 1. The van der Waals surface area contributed by atoms with Crippen LogP contribution in [-0.4, -0.2) is 19.2 Å². The van der Waals surface area contributed by atoms with Crippen LogP contribution in [0, 0.1) is 0 Å². The lowest BCUT2D eigenvalue weighted by atomic mass is 10.3. The Morgan fingerprint density at radius 3 is 2.82 bits per heavy atom. The molecule has 1 N–H and O–H groups in total. The van der Waals surface area contributed by atoms with Crippen LogP contribution >= 0.6 is 0 Å². The van der Waals surface area contributed by atoms with Gasteiger partial charge < -0.3 is 10.1 Å². The van der Waals surface area contributed by atoms with Gasteiger partial charge in [-0.25, -0.2) is 0 Å². The van der Waals surface area contributed by atoms with Crippen molar-refractivity contribution < 1.29 is 9.53 Å². The van der Waals surface area contributed by atoms with Crippen LogP contribution < -0.4 is 5.32 Å². The fourth-order valence-corrected chi connectivity index (χ4v) is 0.729. The lowest BCUT2D eigenvalue weighted by molar-refractivity contribution is -0.120. The summed E-state index contributed by atoms with van der Waals surface area (Å²) >= 11 is 0. The molecule has 0 saturated carbocycles. The molecule has 3 heteroatoms. The van der Waals surface area contributed by atoms with Crippen LogP contribution in [0.25, 0.3) is 0 Å². The summed E-state index contributed by atoms with van der Waals surface area (Å²) < 4.78 is 4.98. The second kappa shape index (κ2) is 5.92. The highest BCUT2D eigenvalue weighted by atomic mass is 16.5. The van der Waals surface area contributed by atoms with Gasteiger partial charge in [0.2, 0.25) is 5.91 Å². The summed E-state index contributed by atoms with van der Waals surface area (Å²) in [7, 11) is 1.57. The summed E-state index contributed by atoms with van der Waals surface area (Å²) in [4.78, 5) is 10.7. The molecule has 0 bridgehead atoms. The van der Waals surface area contributed by atoms with Crippen LogP contribution in [0.5, 0.6) is 0 Å². The van der Waals surface area contributed by atoms with Gasteiger partial charge in [-0.2, -0.15) is 0 Å². The van der Waals surface area contributed by atoms with Crippen molar-refractivity contribution in [1.29, 1.82) is 0 Å². The average Bonchev–Trinajstić information content (AvgIpc) is 2.03. The predicted molar refractivity (Wildman–Crippen MR) is 44.0 cm³/mol. The van der Waals surface area contributed by atoms with E-state index in [1.165, 1.54) is 6.08 Å². The highest BCUT2D eigenvalue weighted by molar-refractivity contribution is 5.86. The Kier molecular flexibility index (Phi) is 5.47. The molecule has 1 atom stereocenters. The fourth-order valence-electron chi connectivity index (χ4n) is 0.729. The third kappa shape index (κ3) is 4.56. The first-order valence-electron chi connectivity index (χ1n) is 3.70. The number of rotatable bonds is 5. The van der Waals surface area contributed by atoms with E-state index >= 15 is 0 Å².